The van der Waals surface area contributed by atoms with Crippen LogP contribution in [-0.4, -0.2) is 5.97 Å². The molecule has 2 atom stereocenters. The molecule has 0 aromatic heterocycles. The van der Waals surface area contributed by atoms with Gasteiger partial charge in [-0.3, -0.25) is 0 Å². The van der Waals surface area contributed by atoms with Gasteiger partial charge in [0.05, 0.1) is 0 Å². The summed E-state index contributed by atoms with van der Waals surface area (Å²) in [6, 6.07) is 9.27. The number of carboxylic acid groups (broad SMARTS) is 1. The lowest BCUT2D eigenvalue weighted by atomic mass is 9.86. The second-order valence-electron chi connectivity index (χ2n) is 3.59. The molecule has 0 N–H and O–H groups in total. The van der Waals surface area contributed by atoms with Crippen molar-refractivity contribution in [1.29, 1.82) is 0 Å². The van der Waals surface area contributed by atoms with Gasteiger partial charge in [-0.2, -0.15) is 0 Å². The van der Waals surface area contributed by atoms with Crippen LogP contribution in [0.4, 0.5) is 0 Å². The number of aliphatic carboxylic acids is 1. The maximum absolute atomic E-state index is 11.0. The Morgan fingerprint density at radius 2 is 1.93 bits per heavy atom. The number of rotatable bonds is 4. The quantitative estimate of drug-likeness (QED) is 0.724. The van der Waals surface area contributed by atoms with Gasteiger partial charge in [-0.25, -0.2) is 0 Å². The Hall–Kier alpha value is -1.31. The highest BCUT2D eigenvalue weighted by Crippen LogP contribution is 2.25. The first-order chi connectivity index (χ1) is 6.66. The summed E-state index contributed by atoms with van der Waals surface area (Å²) in [5.74, 6) is -1.35. The molecule has 2 nitrogen and oxygen atoms in total. The van der Waals surface area contributed by atoms with Crippen LogP contribution in [-0.2, 0) is 4.79 Å². The summed E-state index contributed by atoms with van der Waals surface area (Å²) in [5.41, 5.74) is 0.835. The van der Waals surface area contributed by atoms with Crippen LogP contribution in [0.3, 0.4) is 0 Å². The summed E-state index contributed by atoms with van der Waals surface area (Å²) in [6.45, 7) is 3.93. The molecule has 0 aliphatic carbocycles. The molecule has 0 saturated carbocycles. The monoisotopic (exact) mass is 191 g/mol. The average Bonchev–Trinajstić information content (AvgIpc) is 2.19. The minimum Gasteiger partial charge on any atom is -0.549 e. The van der Waals surface area contributed by atoms with Crippen LogP contribution in [0.1, 0.15) is 31.7 Å². The Kier molecular flexibility index (Phi) is 3.69. The average molecular weight is 191 g/mol. The molecule has 14 heavy (non-hydrogen) atoms. The van der Waals surface area contributed by atoms with E-state index in [1.54, 1.807) is 0 Å². The van der Waals surface area contributed by atoms with Gasteiger partial charge in [-0.15, -0.1) is 0 Å². The number of carbonyl (C=O) groups excluding carboxylic acids is 1. The Labute approximate surface area is 84.6 Å². The van der Waals surface area contributed by atoms with E-state index in [0.717, 1.165) is 12.0 Å². The van der Waals surface area contributed by atoms with Gasteiger partial charge in [-0.1, -0.05) is 50.6 Å². The molecule has 2 heteroatoms. The van der Waals surface area contributed by atoms with E-state index >= 15 is 0 Å². The molecule has 0 heterocycles. The van der Waals surface area contributed by atoms with Crippen molar-refractivity contribution in [1.82, 2.24) is 0 Å². The molecule has 1 aromatic carbocycles. The molecule has 0 fully saturated rings. The molecular weight excluding hydrogens is 176 g/mol. The van der Waals surface area contributed by atoms with E-state index in [9.17, 15) is 9.90 Å². The number of carbonyl (C=O) groups is 1. The Balaban J connectivity index is 2.95. The van der Waals surface area contributed by atoms with Crippen LogP contribution in [0.15, 0.2) is 30.3 Å². The van der Waals surface area contributed by atoms with E-state index in [-0.39, 0.29) is 5.92 Å². The fourth-order valence-corrected chi connectivity index (χ4v) is 1.59. The molecule has 1 rings (SSSR count). The van der Waals surface area contributed by atoms with Crippen molar-refractivity contribution in [3.63, 3.8) is 0 Å². The second kappa shape index (κ2) is 4.80. The Morgan fingerprint density at radius 3 is 2.36 bits per heavy atom. The predicted octanol–water partition coefficient (Wildman–Crippen LogP) is 1.57. The van der Waals surface area contributed by atoms with Crippen LogP contribution in [0.2, 0.25) is 0 Å². The smallest absolute Gasteiger partial charge is 0.0491 e. The van der Waals surface area contributed by atoms with E-state index in [0.29, 0.717) is 0 Å². The summed E-state index contributed by atoms with van der Waals surface area (Å²) < 4.78 is 0. The third-order valence-corrected chi connectivity index (χ3v) is 2.63. The molecule has 0 radical (unpaired) electrons. The molecule has 0 amide bonds. The van der Waals surface area contributed by atoms with Crippen molar-refractivity contribution in [2.75, 3.05) is 0 Å². The van der Waals surface area contributed by atoms with Crippen LogP contribution in [0.25, 0.3) is 0 Å². The van der Waals surface area contributed by atoms with Crippen molar-refractivity contribution in [2.24, 2.45) is 5.92 Å². The lowest BCUT2D eigenvalue weighted by Gasteiger charge is -2.24. The number of hydrogen-bond donors (Lipinski definition) is 0. The minimum absolute atomic E-state index is 0.113. The topological polar surface area (TPSA) is 40.1 Å². The van der Waals surface area contributed by atoms with Gasteiger partial charge in [0.2, 0.25) is 0 Å². The number of hydrogen-bond acceptors (Lipinski definition) is 2. The molecular formula is C12H15O2-. The predicted molar refractivity (Wildman–Crippen MR) is 53.6 cm³/mol. The summed E-state index contributed by atoms with van der Waals surface area (Å²) in [5, 5.41) is 11.0. The molecule has 0 aliphatic rings. The SMILES string of the molecule is CC[C@H](C)[C@H](C(=O)[O-])c1ccccc1. The van der Waals surface area contributed by atoms with Crippen molar-refractivity contribution >= 4 is 5.97 Å². The fourth-order valence-electron chi connectivity index (χ4n) is 1.59. The van der Waals surface area contributed by atoms with E-state index in [2.05, 4.69) is 0 Å². The third-order valence-electron chi connectivity index (χ3n) is 2.63. The molecule has 0 saturated heterocycles. The third kappa shape index (κ3) is 2.34. The van der Waals surface area contributed by atoms with Gasteiger partial charge in [0.1, 0.15) is 0 Å². The van der Waals surface area contributed by atoms with E-state index in [1.165, 1.54) is 0 Å². The summed E-state index contributed by atoms with van der Waals surface area (Å²) in [4.78, 5) is 11.0. The van der Waals surface area contributed by atoms with E-state index in [4.69, 9.17) is 0 Å². The highest BCUT2D eigenvalue weighted by Gasteiger charge is 2.18. The lowest BCUT2D eigenvalue weighted by molar-refractivity contribution is -0.309. The second-order valence-corrected chi connectivity index (χ2v) is 3.59. The lowest BCUT2D eigenvalue weighted by Crippen LogP contribution is -2.33. The highest BCUT2D eigenvalue weighted by molar-refractivity contribution is 5.74. The molecule has 76 valence electrons. The van der Waals surface area contributed by atoms with Gasteiger partial charge in [0.25, 0.3) is 0 Å². The zero-order chi connectivity index (χ0) is 10.6. The standard InChI is InChI=1S/C12H16O2/c1-3-9(2)11(12(13)14)10-7-5-4-6-8-10/h4-9,11H,3H2,1-2H3,(H,13,14)/p-1/t9-,11-/m0/s1. The largest absolute Gasteiger partial charge is 0.549 e. The first-order valence-electron chi connectivity index (χ1n) is 4.92. The molecule has 0 aliphatic heterocycles. The van der Waals surface area contributed by atoms with Crippen LogP contribution < -0.4 is 5.11 Å². The van der Waals surface area contributed by atoms with Crippen molar-refractivity contribution < 1.29 is 9.90 Å². The van der Waals surface area contributed by atoms with Crippen molar-refractivity contribution in [3.8, 4) is 0 Å². The van der Waals surface area contributed by atoms with Gasteiger partial charge in [-0.05, 0) is 11.5 Å². The normalized spacial score (nSPS) is 14.7. The first kappa shape index (κ1) is 10.8. The summed E-state index contributed by atoms with van der Waals surface area (Å²) in [7, 11) is 0. The zero-order valence-electron chi connectivity index (χ0n) is 8.57. The molecule has 1 aromatic rings. The maximum atomic E-state index is 11.0. The first-order valence-corrected chi connectivity index (χ1v) is 4.92. The molecule has 0 unspecified atom stereocenters. The van der Waals surface area contributed by atoms with Crippen LogP contribution in [0, 0.1) is 5.92 Å². The van der Waals surface area contributed by atoms with Crippen LogP contribution in [0.5, 0.6) is 0 Å². The Morgan fingerprint density at radius 1 is 1.36 bits per heavy atom. The fraction of sp³-hybridized carbons (Fsp3) is 0.417. The van der Waals surface area contributed by atoms with Crippen LogP contribution >= 0.6 is 0 Å². The maximum Gasteiger partial charge on any atom is 0.0491 e. The van der Waals surface area contributed by atoms with E-state index in [1.807, 2.05) is 44.2 Å². The summed E-state index contributed by atoms with van der Waals surface area (Å²) >= 11 is 0. The summed E-state index contributed by atoms with van der Waals surface area (Å²) in [6.07, 6.45) is 0.841. The Bertz CT molecular complexity index is 292. The van der Waals surface area contributed by atoms with Gasteiger partial charge >= 0.3 is 0 Å². The van der Waals surface area contributed by atoms with Crippen molar-refractivity contribution in [3.05, 3.63) is 35.9 Å². The van der Waals surface area contributed by atoms with Gasteiger partial charge in [0, 0.05) is 11.9 Å². The minimum atomic E-state index is -0.981. The molecule has 0 bridgehead atoms. The van der Waals surface area contributed by atoms with Gasteiger partial charge in [0.15, 0.2) is 0 Å². The number of benzene rings is 1. The number of carboxylic acids is 1. The highest BCUT2D eigenvalue weighted by atomic mass is 16.4. The van der Waals surface area contributed by atoms with Gasteiger partial charge < -0.3 is 9.90 Å². The van der Waals surface area contributed by atoms with Crippen molar-refractivity contribution in [2.45, 2.75) is 26.2 Å². The molecule has 0 spiro atoms. The van der Waals surface area contributed by atoms with E-state index < -0.39 is 11.9 Å². The zero-order valence-corrected chi connectivity index (χ0v) is 8.57.